The van der Waals surface area contributed by atoms with Crippen LogP contribution in [0.15, 0.2) is 12.4 Å². The maximum Gasteiger partial charge on any atom is 0.151 e. The lowest BCUT2D eigenvalue weighted by molar-refractivity contribution is 0.529. The van der Waals surface area contributed by atoms with Crippen LogP contribution in [-0.4, -0.2) is 19.6 Å². The minimum Gasteiger partial charge on any atom is -0.364 e. The lowest BCUT2D eigenvalue weighted by Crippen LogP contribution is -2.02. The van der Waals surface area contributed by atoms with Crippen LogP contribution in [0.1, 0.15) is 36.7 Å². The molecule has 0 spiro atoms. The summed E-state index contributed by atoms with van der Waals surface area (Å²) in [4.78, 5) is 0. The molecule has 0 amide bonds. The lowest BCUT2D eigenvalue weighted by Gasteiger charge is -2.04. The molecule has 0 atom stereocenters. The zero-order valence-corrected chi connectivity index (χ0v) is 13.0. The summed E-state index contributed by atoms with van der Waals surface area (Å²) in [7, 11) is 1.93. The molecule has 106 valence electrons. The highest BCUT2D eigenvalue weighted by atomic mass is 35.5. The van der Waals surface area contributed by atoms with Gasteiger partial charge < -0.3 is 5.32 Å². The van der Waals surface area contributed by atoms with Gasteiger partial charge >= 0.3 is 0 Å². The third-order valence-electron chi connectivity index (χ3n) is 3.01. The molecule has 2 aromatic heterocycles. The fourth-order valence-electron chi connectivity index (χ4n) is 1.92. The molecule has 0 saturated carbocycles. The molecule has 0 aliphatic carbocycles. The quantitative estimate of drug-likeness (QED) is 0.939. The average molecular weight is 284 g/mol. The number of nitrogens with zero attached hydrogens (tertiary/aromatic N) is 4. The fraction of sp³-hybridized carbons (Fsp3) is 0.538. The van der Waals surface area contributed by atoms with Gasteiger partial charge in [-0.3, -0.25) is 9.36 Å². The van der Waals surface area contributed by atoms with E-state index in [9.17, 15) is 0 Å². The van der Waals surface area contributed by atoms with Gasteiger partial charge in [0, 0.05) is 43.2 Å². The molecule has 0 saturated heterocycles. The molecular formula is C13H22ClN5. The number of aromatic nitrogens is 4. The number of nitrogens with one attached hydrogen (secondary N) is 1. The zero-order valence-electron chi connectivity index (χ0n) is 12.1. The number of hydrogen-bond acceptors (Lipinski definition) is 3. The summed E-state index contributed by atoms with van der Waals surface area (Å²) in [6.45, 7) is 9.12. The molecule has 2 heterocycles. The molecule has 2 rings (SSSR count). The first-order valence-electron chi connectivity index (χ1n) is 6.26. The average Bonchev–Trinajstić information content (AvgIpc) is 2.79. The van der Waals surface area contributed by atoms with E-state index >= 15 is 0 Å². The molecule has 0 radical (unpaired) electrons. The van der Waals surface area contributed by atoms with Gasteiger partial charge in [0.1, 0.15) is 0 Å². The highest BCUT2D eigenvalue weighted by Gasteiger charge is 2.08. The lowest BCUT2D eigenvalue weighted by atomic mass is 10.2. The Kier molecular flexibility index (Phi) is 5.00. The van der Waals surface area contributed by atoms with Crippen LogP contribution in [0.5, 0.6) is 0 Å². The molecule has 2 aromatic rings. The van der Waals surface area contributed by atoms with Crippen LogP contribution >= 0.6 is 12.4 Å². The van der Waals surface area contributed by atoms with Crippen molar-refractivity contribution in [2.75, 3.05) is 5.32 Å². The van der Waals surface area contributed by atoms with E-state index in [0.29, 0.717) is 6.04 Å². The van der Waals surface area contributed by atoms with E-state index in [-0.39, 0.29) is 12.4 Å². The van der Waals surface area contributed by atoms with Crippen LogP contribution in [0.4, 0.5) is 5.82 Å². The predicted octanol–water partition coefficient (Wildman–Crippen LogP) is 2.85. The van der Waals surface area contributed by atoms with Crippen molar-refractivity contribution < 1.29 is 0 Å². The van der Waals surface area contributed by atoms with Crippen molar-refractivity contribution in [1.82, 2.24) is 19.6 Å². The summed E-state index contributed by atoms with van der Waals surface area (Å²) in [6.07, 6.45) is 4.11. The summed E-state index contributed by atoms with van der Waals surface area (Å²) in [5, 5.41) is 12.2. The van der Waals surface area contributed by atoms with E-state index in [1.807, 2.05) is 29.5 Å². The summed E-state index contributed by atoms with van der Waals surface area (Å²) in [5.74, 6) is 0.939. The van der Waals surface area contributed by atoms with Crippen molar-refractivity contribution in [2.24, 2.45) is 7.05 Å². The molecule has 6 heteroatoms. The van der Waals surface area contributed by atoms with Crippen LogP contribution in [0.25, 0.3) is 0 Å². The standard InChI is InChI=1S/C13H21N5.ClH/c1-9(2)18-8-12(11(4)15-18)6-14-13-10(3)7-17(5)16-13;/h7-9H,6H2,1-5H3,(H,14,16);1H. The first-order chi connectivity index (χ1) is 8.47. The number of rotatable bonds is 4. The van der Waals surface area contributed by atoms with Gasteiger partial charge in [0.25, 0.3) is 0 Å². The molecule has 0 aliphatic heterocycles. The fourth-order valence-corrected chi connectivity index (χ4v) is 1.92. The SMILES string of the molecule is Cc1cn(C)nc1NCc1cn(C(C)C)nc1C.Cl. The van der Waals surface area contributed by atoms with E-state index in [0.717, 1.165) is 23.6 Å². The van der Waals surface area contributed by atoms with Crippen LogP contribution < -0.4 is 5.32 Å². The van der Waals surface area contributed by atoms with Crippen molar-refractivity contribution in [3.8, 4) is 0 Å². The minimum absolute atomic E-state index is 0. The Morgan fingerprint density at radius 1 is 1.21 bits per heavy atom. The third kappa shape index (κ3) is 3.50. The second-order valence-electron chi connectivity index (χ2n) is 5.00. The first kappa shape index (κ1) is 15.6. The number of aryl methyl sites for hydroxylation is 3. The highest BCUT2D eigenvalue weighted by Crippen LogP contribution is 2.15. The van der Waals surface area contributed by atoms with Gasteiger partial charge in [-0.25, -0.2) is 0 Å². The van der Waals surface area contributed by atoms with Gasteiger partial charge in [0.2, 0.25) is 0 Å². The predicted molar refractivity (Wildman–Crippen MR) is 79.9 cm³/mol. The van der Waals surface area contributed by atoms with Crippen LogP contribution in [-0.2, 0) is 13.6 Å². The maximum atomic E-state index is 4.50. The summed E-state index contributed by atoms with van der Waals surface area (Å²) in [5.41, 5.74) is 3.45. The van der Waals surface area contributed by atoms with E-state index in [1.54, 1.807) is 0 Å². The normalized spacial score (nSPS) is 10.6. The van der Waals surface area contributed by atoms with E-state index in [4.69, 9.17) is 0 Å². The van der Waals surface area contributed by atoms with Crippen LogP contribution in [0.3, 0.4) is 0 Å². The van der Waals surface area contributed by atoms with Crippen molar-refractivity contribution in [3.63, 3.8) is 0 Å². The molecule has 0 bridgehead atoms. The molecule has 5 nitrogen and oxygen atoms in total. The second kappa shape index (κ2) is 6.10. The molecule has 0 aliphatic rings. The summed E-state index contributed by atoms with van der Waals surface area (Å²) < 4.78 is 3.82. The van der Waals surface area contributed by atoms with Crippen LogP contribution in [0.2, 0.25) is 0 Å². The maximum absolute atomic E-state index is 4.50. The van der Waals surface area contributed by atoms with E-state index in [1.165, 1.54) is 5.56 Å². The molecule has 0 unspecified atom stereocenters. The van der Waals surface area contributed by atoms with E-state index in [2.05, 4.69) is 42.5 Å². The Morgan fingerprint density at radius 2 is 1.89 bits per heavy atom. The van der Waals surface area contributed by atoms with Gasteiger partial charge in [0.15, 0.2) is 5.82 Å². The molecule has 0 aromatic carbocycles. The Bertz CT molecular complexity index is 541. The van der Waals surface area contributed by atoms with Crippen molar-refractivity contribution in [1.29, 1.82) is 0 Å². The highest BCUT2D eigenvalue weighted by molar-refractivity contribution is 5.85. The molecule has 1 N–H and O–H groups in total. The number of hydrogen-bond donors (Lipinski definition) is 1. The van der Waals surface area contributed by atoms with Crippen molar-refractivity contribution in [3.05, 3.63) is 29.2 Å². The van der Waals surface area contributed by atoms with Gasteiger partial charge in [-0.2, -0.15) is 10.2 Å². The van der Waals surface area contributed by atoms with E-state index < -0.39 is 0 Å². The van der Waals surface area contributed by atoms with Crippen molar-refractivity contribution in [2.45, 2.75) is 40.3 Å². The Hall–Kier alpha value is -1.49. The summed E-state index contributed by atoms with van der Waals surface area (Å²) >= 11 is 0. The molecule has 19 heavy (non-hydrogen) atoms. The monoisotopic (exact) mass is 283 g/mol. The summed E-state index contributed by atoms with van der Waals surface area (Å²) in [6, 6.07) is 0.397. The van der Waals surface area contributed by atoms with Crippen molar-refractivity contribution >= 4 is 18.2 Å². The van der Waals surface area contributed by atoms with Gasteiger partial charge in [-0.1, -0.05) is 0 Å². The largest absolute Gasteiger partial charge is 0.364 e. The Balaban J connectivity index is 0.00000180. The van der Waals surface area contributed by atoms with Gasteiger partial charge in [0.05, 0.1) is 5.69 Å². The third-order valence-corrected chi connectivity index (χ3v) is 3.01. The number of halogens is 1. The Morgan fingerprint density at radius 3 is 2.37 bits per heavy atom. The topological polar surface area (TPSA) is 47.7 Å². The smallest absolute Gasteiger partial charge is 0.151 e. The molecule has 0 fully saturated rings. The molecular weight excluding hydrogens is 262 g/mol. The Labute approximate surface area is 120 Å². The van der Waals surface area contributed by atoms with Gasteiger partial charge in [-0.05, 0) is 27.7 Å². The zero-order chi connectivity index (χ0) is 13.3. The first-order valence-corrected chi connectivity index (χ1v) is 6.26. The second-order valence-corrected chi connectivity index (χ2v) is 5.00. The number of anilines is 1. The van der Waals surface area contributed by atoms with Crippen LogP contribution in [0, 0.1) is 13.8 Å². The van der Waals surface area contributed by atoms with Gasteiger partial charge in [-0.15, -0.1) is 12.4 Å². The minimum atomic E-state index is 0.